The molecule has 2 aromatic rings. The van der Waals surface area contributed by atoms with Gasteiger partial charge in [0.15, 0.2) is 5.76 Å². The number of nitrogens with zero attached hydrogens (tertiary/aromatic N) is 2. The minimum Gasteiger partial charge on any atom is -0.428 e. The topological polar surface area (TPSA) is 56.0 Å². The molecule has 0 bridgehead atoms. The molecule has 0 radical (unpaired) electrons. The van der Waals surface area contributed by atoms with E-state index in [4.69, 9.17) is 4.42 Å². The van der Waals surface area contributed by atoms with Gasteiger partial charge in [-0.1, -0.05) is 76.5 Å². The second-order valence-corrected chi connectivity index (χ2v) is 9.29. The van der Waals surface area contributed by atoms with Crippen LogP contribution >= 0.6 is 0 Å². The van der Waals surface area contributed by atoms with Gasteiger partial charge in [0.1, 0.15) is 16.5 Å². The van der Waals surface area contributed by atoms with Crippen LogP contribution in [0.25, 0.3) is 11.5 Å². The summed E-state index contributed by atoms with van der Waals surface area (Å²) < 4.78 is 18.0. The van der Waals surface area contributed by atoms with Crippen LogP contribution in [-0.4, -0.2) is 19.9 Å². The summed E-state index contributed by atoms with van der Waals surface area (Å²) in [7, 11) is -1.17. The van der Waals surface area contributed by atoms with Gasteiger partial charge in [-0.05, 0) is 44.2 Å². The minimum absolute atomic E-state index is 0.311. The molecule has 0 saturated heterocycles. The molecule has 4 nitrogen and oxygen atoms in total. The zero-order valence-electron chi connectivity index (χ0n) is 18.6. The van der Waals surface area contributed by atoms with Crippen LogP contribution < -0.4 is 0 Å². The first-order chi connectivity index (χ1) is 14.8. The summed E-state index contributed by atoms with van der Waals surface area (Å²) in [6.45, 7) is 2.27. The van der Waals surface area contributed by atoms with Crippen LogP contribution in [0.4, 0.5) is 0 Å². The largest absolute Gasteiger partial charge is 0.428 e. The van der Waals surface area contributed by atoms with Gasteiger partial charge in [0, 0.05) is 11.9 Å². The molecule has 2 rings (SSSR count). The monoisotopic (exact) mass is 430 g/mol. The minimum atomic E-state index is -1.17. The molecule has 0 N–H and O–H groups in total. The van der Waals surface area contributed by atoms with E-state index in [1.54, 1.807) is 12.4 Å². The van der Waals surface area contributed by atoms with E-state index in [1.807, 2.05) is 18.2 Å². The van der Waals surface area contributed by atoms with Crippen molar-refractivity contribution < 1.29 is 8.63 Å². The molecule has 0 aliphatic heterocycles. The number of rotatable bonds is 17. The Morgan fingerprint density at radius 3 is 2.20 bits per heavy atom. The summed E-state index contributed by atoms with van der Waals surface area (Å²) in [6, 6.07) is 5.61. The van der Waals surface area contributed by atoms with Gasteiger partial charge in [-0.2, -0.15) is 0 Å². The summed E-state index contributed by atoms with van der Waals surface area (Å²) in [4.78, 5) is 8.40. The Morgan fingerprint density at radius 2 is 1.53 bits per heavy atom. The van der Waals surface area contributed by atoms with E-state index in [0.29, 0.717) is 22.4 Å². The molecular weight excluding hydrogens is 392 g/mol. The normalized spacial score (nSPS) is 12.6. The van der Waals surface area contributed by atoms with E-state index in [-0.39, 0.29) is 0 Å². The lowest BCUT2D eigenvalue weighted by Crippen LogP contribution is -1.98. The van der Waals surface area contributed by atoms with E-state index in [1.165, 1.54) is 70.6 Å². The molecular formula is C25H38N2O2S. The molecule has 0 amide bonds. The third-order valence-electron chi connectivity index (χ3n) is 5.19. The lowest BCUT2D eigenvalue weighted by Gasteiger charge is -2.00. The van der Waals surface area contributed by atoms with Gasteiger partial charge in [0.05, 0.1) is 6.20 Å². The van der Waals surface area contributed by atoms with Crippen molar-refractivity contribution in [2.45, 2.75) is 95.6 Å². The average Bonchev–Trinajstić information content (AvgIpc) is 3.27. The van der Waals surface area contributed by atoms with Crippen LogP contribution in [-0.2, 0) is 10.8 Å². The van der Waals surface area contributed by atoms with Gasteiger partial charge in [-0.3, -0.25) is 4.98 Å². The fourth-order valence-electron chi connectivity index (χ4n) is 3.38. The standard InChI is InChI=1S/C25H38N2O2S/c1-2-3-4-5-6-7-8-9-10-11-12-13-14-15-18-21-30(28)25-27-22-24(29-25)23-19-16-17-20-26-23/h9-10,16-17,19-20,22H,2-8,11-15,18,21H2,1H3. The van der Waals surface area contributed by atoms with Crippen LogP contribution in [0.3, 0.4) is 0 Å². The zero-order chi connectivity index (χ0) is 21.3. The quantitative estimate of drug-likeness (QED) is 0.193. The Balaban J connectivity index is 1.45. The fraction of sp³-hybridized carbons (Fsp3) is 0.600. The van der Waals surface area contributed by atoms with Gasteiger partial charge >= 0.3 is 0 Å². The number of unbranched alkanes of at least 4 members (excludes halogenated alkanes) is 11. The third-order valence-corrected chi connectivity index (χ3v) is 6.43. The molecule has 0 aliphatic rings. The summed E-state index contributed by atoms with van der Waals surface area (Å²) in [6.07, 6.45) is 24.4. The van der Waals surface area contributed by atoms with Crippen molar-refractivity contribution in [3.8, 4) is 11.5 Å². The highest BCUT2D eigenvalue weighted by Gasteiger charge is 2.12. The Hall–Kier alpha value is -1.75. The van der Waals surface area contributed by atoms with E-state index < -0.39 is 10.8 Å². The van der Waals surface area contributed by atoms with E-state index in [2.05, 4.69) is 29.0 Å². The SMILES string of the molecule is CCCCCCCCC=CCCCCCCCS(=O)c1ncc(-c2ccccn2)o1. The predicted octanol–water partition coefficient (Wildman–Crippen LogP) is 7.49. The van der Waals surface area contributed by atoms with Crippen molar-refractivity contribution in [2.75, 3.05) is 5.75 Å². The fourth-order valence-corrected chi connectivity index (χ4v) is 4.38. The molecule has 30 heavy (non-hydrogen) atoms. The number of hydrogen-bond donors (Lipinski definition) is 0. The highest BCUT2D eigenvalue weighted by molar-refractivity contribution is 7.84. The number of aromatic nitrogens is 2. The molecule has 0 fully saturated rings. The van der Waals surface area contributed by atoms with Crippen molar-refractivity contribution in [2.24, 2.45) is 0 Å². The molecule has 2 heterocycles. The molecule has 2 aromatic heterocycles. The number of hydrogen-bond acceptors (Lipinski definition) is 4. The maximum atomic E-state index is 12.3. The average molecular weight is 431 g/mol. The van der Waals surface area contributed by atoms with Gasteiger partial charge < -0.3 is 4.42 Å². The van der Waals surface area contributed by atoms with Crippen molar-refractivity contribution >= 4 is 10.8 Å². The molecule has 0 saturated carbocycles. The van der Waals surface area contributed by atoms with Gasteiger partial charge in [0.25, 0.3) is 5.22 Å². The van der Waals surface area contributed by atoms with Crippen molar-refractivity contribution in [3.63, 3.8) is 0 Å². The van der Waals surface area contributed by atoms with Crippen LogP contribution in [0.5, 0.6) is 0 Å². The number of oxazole rings is 1. The second kappa shape index (κ2) is 16.0. The first-order valence-electron chi connectivity index (χ1n) is 11.7. The predicted molar refractivity (Wildman–Crippen MR) is 126 cm³/mol. The highest BCUT2D eigenvalue weighted by Crippen LogP contribution is 2.19. The summed E-state index contributed by atoms with van der Waals surface area (Å²) in [5.74, 6) is 1.18. The van der Waals surface area contributed by atoms with E-state index >= 15 is 0 Å². The Kier molecular flexibility index (Phi) is 13.1. The third kappa shape index (κ3) is 10.3. The summed E-state index contributed by atoms with van der Waals surface area (Å²) >= 11 is 0. The summed E-state index contributed by atoms with van der Waals surface area (Å²) in [5.41, 5.74) is 0.717. The maximum Gasteiger partial charge on any atom is 0.287 e. The zero-order valence-corrected chi connectivity index (χ0v) is 19.4. The molecule has 0 aliphatic carbocycles. The van der Waals surface area contributed by atoms with Crippen molar-refractivity contribution in [3.05, 3.63) is 42.7 Å². The van der Waals surface area contributed by atoms with E-state index in [0.717, 1.165) is 12.8 Å². The molecule has 0 aromatic carbocycles. The Bertz CT molecular complexity index is 728. The first-order valence-corrected chi connectivity index (χ1v) is 13.0. The number of pyridine rings is 1. The van der Waals surface area contributed by atoms with Crippen molar-refractivity contribution in [1.29, 1.82) is 0 Å². The molecule has 166 valence electrons. The summed E-state index contributed by atoms with van der Waals surface area (Å²) in [5, 5.41) is 0.311. The molecule has 0 spiro atoms. The van der Waals surface area contributed by atoms with Gasteiger partial charge in [-0.25, -0.2) is 9.19 Å². The number of allylic oxidation sites excluding steroid dienone is 2. The van der Waals surface area contributed by atoms with E-state index in [9.17, 15) is 4.21 Å². The van der Waals surface area contributed by atoms with Crippen LogP contribution in [0.2, 0.25) is 0 Å². The lowest BCUT2D eigenvalue weighted by molar-refractivity contribution is 0.454. The van der Waals surface area contributed by atoms with Crippen LogP contribution in [0.1, 0.15) is 90.4 Å². The Morgan fingerprint density at radius 1 is 0.867 bits per heavy atom. The smallest absolute Gasteiger partial charge is 0.287 e. The Labute approximate surface area is 185 Å². The lowest BCUT2D eigenvalue weighted by atomic mass is 10.1. The first kappa shape index (κ1) is 24.5. The second-order valence-electron chi connectivity index (χ2n) is 7.84. The maximum absolute atomic E-state index is 12.3. The van der Waals surface area contributed by atoms with Gasteiger partial charge in [-0.15, -0.1) is 0 Å². The van der Waals surface area contributed by atoms with Crippen LogP contribution in [0.15, 0.2) is 52.4 Å². The highest BCUT2D eigenvalue weighted by atomic mass is 32.2. The molecule has 1 unspecified atom stereocenters. The van der Waals surface area contributed by atoms with Gasteiger partial charge in [0.2, 0.25) is 0 Å². The molecule has 5 heteroatoms. The van der Waals surface area contributed by atoms with Crippen LogP contribution in [0, 0.1) is 0 Å². The van der Waals surface area contributed by atoms with Crippen molar-refractivity contribution in [1.82, 2.24) is 9.97 Å². The molecule has 1 atom stereocenters.